The molecule has 0 atom stereocenters. The summed E-state index contributed by atoms with van der Waals surface area (Å²) in [5.74, 6) is -0.282. The standard InChI is InChI=1S/C20H17FN6OS/c1-12-3-5-14(6-4-12)20-23-16(11-29-20)10-19(28)22-15-7-8-17(21)18(9-15)27-13(2)24-25-26-27/h3-9,11H,10H2,1-2H3,(H,22,28). The van der Waals surface area contributed by atoms with Gasteiger partial charge in [0.25, 0.3) is 0 Å². The third kappa shape index (κ3) is 4.19. The van der Waals surface area contributed by atoms with Crippen LogP contribution in [-0.2, 0) is 11.2 Å². The van der Waals surface area contributed by atoms with Crippen molar-refractivity contribution in [2.45, 2.75) is 20.3 Å². The second-order valence-electron chi connectivity index (χ2n) is 6.54. The summed E-state index contributed by atoms with van der Waals surface area (Å²) >= 11 is 1.49. The number of nitrogens with zero attached hydrogens (tertiary/aromatic N) is 5. The number of carbonyl (C=O) groups is 1. The minimum absolute atomic E-state index is 0.124. The van der Waals surface area contributed by atoms with E-state index < -0.39 is 5.82 Å². The number of halogens is 1. The first-order valence-electron chi connectivity index (χ1n) is 8.86. The van der Waals surface area contributed by atoms with Crippen molar-refractivity contribution in [1.29, 1.82) is 0 Å². The van der Waals surface area contributed by atoms with Crippen LogP contribution in [0.1, 0.15) is 17.1 Å². The Bertz CT molecular complexity index is 1170. The normalized spacial score (nSPS) is 10.9. The van der Waals surface area contributed by atoms with Gasteiger partial charge in [0.15, 0.2) is 5.82 Å². The van der Waals surface area contributed by atoms with Gasteiger partial charge in [-0.05, 0) is 42.5 Å². The fraction of sp³-hybridized carbons (Fsp3) is 0.150. The molecule has 146 valence electrons. The van der Waals surface area contributed by atoms with Gasteiger partial charge in [0.05, 0.1) is 12.1 Å². The molecule has 0 aliphatic carbocycles. The van der Waals surface area contributed by atoms with Crippen molar-refractivity contribution < 1.29 is 9.18 Å². The quantitative estimate of drug-likeness (QED) is 0.544. The number of anilines is 1. The second kappa shape index (κ2) is 7.88. The van der Waals surface area contributed by atoms with Crippen LogP contribution in [0.4, 0.5) is 10.1 Å². The van der Waals surface area contributed by atoms with Crippen LogP contribution < -0.4 is 5.32 Å². The van der Waals surface area contributed by atoms with Crippen LogP contribution in [-0.4, -0.2) is 31.1 Å². The van der Waals surface area contributed by atoms with Gasteiger partial charge in [-0.1, -0.05) is 29.8 Å². The van der Waals surface area contributed by atoms with Crippen molar-refractivity contribution in [2.24, 2.45) is 0 Å². The number of aromatic nitrogens is 5. The molecule has 0 fully saturated rings. The maximum Gasteiger partial charge on any atom is 0.230 e. The lowest BCUT2D eigenvalue weighted by molar-refractivity contribution is -0.115. The Hall–Kier alpha value is -3.46. The Labute approximate surface area is 170 Å². The van der Waals surface area contributed by atoms with Crippen molar-refractivity contribution in [3.8, 4) is 16.3 Å². The SMILES string of the molecule is Cc1ccc(-c2nc(CC(=O)Nc3ccc(F)c(-n4nnnc4C)c3)cs2)cc1. The van der Waals surface area contributed by atoms with E-state index in [1.807, 2.05) is 36.6 Å². The number of nitrogens with one attached hydrogen (secondary N) is 1. The topological polar surface area (TPSA) is 85.6 Å². The fourth-order valence-corrected chi connectivity index (χ4v) is 3.62. The minimum atomic E-state index is -0.486. The largest absolute Gasteiger partial charge is 0.326 e. The van der Waals surface area contributed by atoms with Crippen molar-refractivity contribution in [3.63, 3.8) is 0 Å². The Morgan fingerprint density at radius 2 is 1.97 bits per heavy atom. The molecule has 1 amide bonds. The van der Waals surface area contributed by atoms with Gasteiger partial charge < -0.3 is 5.32 Å². The molecule has 29 heavy (non-hydrogen) atoms. The molecular formula is C20H17FN6OS. The van der Waals surface area contributed by atoms with Gasteiger partial charge in [0.1, 0.15) is 16.5 Å². The average molecular weight is 408 g/mol. The Morgan fingerprint density at radius 3 is 2.69 bits per heavy atom. The molecule has 0 aliphatic rings. The van der Waals surface area contributed by atoms with E-state index >= 15 is 0 Å². The molecule has 0 saturated heterocycles. The predicted octanol–water partition coefficient (Wildman–Crippen LogP) is 3.72. The second-order valence-corrected chi connectivity index (χ2v) is 7.40. The number of tetrazole rings is 1. The summed E-state index contributed by atoms with van der Waals surface area (Å²) in [5, 5.41) is 16.5. The van der Waals surface area contributed by atoms with E-state index in [1.54, 1.807) is 6.92 Å². The highest BCUT2D eigenvalue weighted by atomic mass is 32.1. The molecule has 9 heteroatoms. The number of hydrogen-bond donors (Lipinski definition) is 1. The third-order valence-corrected chi connectivity index (χ3v) is 5.22. The molecule has 4 rings (SSSR count). The maximum atomic E-state index is 14.1. The molecule has 0 saturated carbocycles. The van der Waals surface area contributed by atoms with E-state index in [-0.39, 0.29) is 18.0 Å². The smallest absolute Gasteiger partial charge is 0.230 e. The zero-order valence-electron chi connectivity index (χ0n) is 15.8. The van der Waals surface area contributed by atoms with Crippen LogP contribution in [0.25, 0.3) is 16.3 Å². The van der Waals surface area contributed by atoms with Crippen molar-refractivity contribution >= 4 is 22.9 Å². The lowest BCUT2D eigenvalue weighted by Gasteiger charge is -2.08. The van der Waals surface area contributed by atoms with Crippen LogP contribution in [0.2, 0.25) is 0 Å². The van der Waals surface area contributed by atoms with Gasteiger partial charge in [0.2, 0.25) is 5.91 Å². The Balaban J connectivity index is 1.47. The van der Waals surface area contributed by atoms with E-state index in [0.717, 1.165) is 10.6 Å². The summed E-state index contributed by atoms with van der Waals surface area (Å²) in [7, 11) is 0. The molecule has 1 N–H and O–H groups in total. The van der Waals surface area contributed by atoms with E-state index in [2.05, 4.69) is 25.8 Å². The summed E-state index contributed by atoms with van der Waals surface area (Å²) < 4.78 is 15.4. The maximum absolute atomic E-state index is 14.1. The van der Waals surface area contributed by atoms with E-state index in [0.29, 0.717) is 17.2 Å². The van der Waals surface area contributed by atoms with Gasteiger partial charge in [0, 0.05) is 16.6 Å². The molecule has 4 aromatic rings. The molecule has 0 aliphatic heterocycles. The zero-order chi connectivity index (χ0) is 20.4. The summed E-state index contributed by atoms with van der Waals surface area (Å²) in [4.78, 5) is 17.0. The highest BCUT2D eigenvalue weighted by Crippen LogP contribution is 2.24. The summed E-state index contributed by atoms with van der Waals surface area (Å²) in [6.07, 6.45) is 0.124. The minimum Gasteiger partial charge on any atom is -0.326 e. The Kier molecular flexibility index (Phi) is 5.13. The van der Waals surface area contributed by atoms with Crippen molar-refractivity contribution in [1.82, 2.24) is 25.2 Å². The number of amides is 1. The van der Waals surface area contributed by atoms with Crippen LogP contribution in [0.15, 0.2) is 47.8 Å². The third-order valence-electron chi connectivity index (χ3n) is 4.28. The lowest BCUT2D eigenvalue weighted by Crippen LogP contribution is -2.15. The van der Waals surface area contributed by atoms with Crippen LogP contribution >= 0.6 is 11.3 Å². The first kappa shape index (κ1) is 18.9. The number of hydrogen-bond acceptors (Lipinski definition) is 6. The number of carbonyl (C=O) groups excluding carboxylic acids is 1. The van der Waals surface area contributed by atoms with Crippen molar-refractivity contribution in [2.75, 3.05) is 5.32 Å². The number of rotatable bonds is 5. The lowest BCUT2D eigenvalue weighted by atomic mass is 10.2. The molecule has 7 nitrogen and oxygen atoms in total. The number of benzene rings is 2. The number of thiazole rings is 1. The molecule has 0 spiro atoms. The molecule has 2 heterocycles. The summed E-state index contributed by atoms with van der Waals surface area (Å²) in [5.41, 5.74) is 3.50. The molecular weight excluding hydrogens is 391 g/mol. The molecule has 0 unspecified atom stereocenters. The Morgan fingerprint density at radius 1 is 1.17 bits per heavy atom. The van der Waals surface area contributed by atoms with E-state index in [4.69, 9.17) is 0 Å². The first-order chi connectivity index (χ1) is 14.0. The number of aryl methyl sites for hydroxylation is 2. The molecule has 2 aromatic heterocycles. The predicted molar refractivity (Wildman–Crippen MR) is 108 cm³/mol. The van der Waals surface area contributed by atoms with Gasteiger partial charge in [-0.25, -0.2) is 9.37 Å². The van der Waals surface area contributed by atoms with Crippen molar-refractivity contribution in [3.05, 3.63) is 70.7 Å². The van der Waals surface area contributed by atoms with Crippen LogP contribution in [0.3, 0.4) is 0 Å². The van der Waals surface area contributed by atoms with E-state index in [9.17, 15) is 9.18 Å². The summed E-state index contributed by atoms with van der Waals surface area (Å²) in [6.45, 7) is 3.70. The first-order valence-corrected chi connectivity index (χ1v) is 9.74. The zero-order valence-corrected chi connectivity index (χ0v) is 16.6. The van der Waals surface area contributed by atoms with Gasteiger partial charge in [-0.3, -0.25) is 4.79 Å². The fourth-order valence-electron chi connectivity index (χ4n) is 2.79. The van der Waals surface area contributed by atoms with Gasteiger partial charge in [-0.2, -0.15) is 4.68 Å². The summed E-state index contributed by atoms with van der Waals surface area (Å²) in [6, 6.07) is 12.3. The highest BCUT2D eigenvalue weighted by Gasteiger charge is 2.13. The monoisotopic (exact) mass is 408 g/mol. The van der Waals surface area contributed by atoms with Gasteiger partial charge in [-0.15, -0.1) is 16.4 Å². The van der Waals surface area contributed by atoms with Gasteiger partial charge >= 0.3 is 0 Å². The molecule has 2 aromatic carbocycles. The molecule has 0 radical (unpaired) electrons. The average Bonchev–Trinajstić information content (AvgIpc) is 3.33. The van der Waals surface area contributed by atoms with Crippen LogP contribution in [0.5, 0.6) is 0 Å². The molecule has 0 bridgehead atoms. The van der Waals surface area contributed by atoms with Crippen LogP contribution in [0, 0.1) is 19.7 Å². The van der Waals surface area contributed by atoms with E-state index in [1.165, 1.54) is 39.8 Å². The highest BCUT2D eigenvalue weighted by molar-refractivity contribution is 7.13.